The quantitative estimate of drug-likeness (QED) is 0.878. The lowest BCUT2D eigenvalue weighted by Crippen LogP contribution is -2.05. The number of aromatic nitrogens is 2. The lowest BCUT2D eigenvalue weighted by atomic mass is 10.1. The maximum Gasteiger partial charge on any atom is 0.165 e. The third-order valence-electron chi connectivity index (χ3n) is 2.89. The standard InChI is InChI=1S/C14H17FN4O/c1-3-4-10-13(16)17-8-18-14(10)19-9-5-6-11(15)12(7-9)20-2/h5-8H,3-4H2,1-2H3,(H3,16,17,18,19). The molecule has 2 aromatic rings. The van der Waals surface area contributed by atoms with Crippen molar-refractivity contribution in [2.24, 2.45) is 0 Å². The highest BCUT2D eigenvalue weighted by molar-refractivity contribution is 5.64. The maximum atomic E-state index is 13.4. The van der Waals surface area contributed by atoms with Crippen LogP contribution in [0.2, 0.25) is 0 Å². The van der Waals surface area contributed by atoms with Crippen LogP contribution in [0.1, 0.15) is 18.9 Å². The van der Waals surface area contributed by atoms with Crippen LogP contribution in [0.3, 0.4) is 0 Å². The Morgan fingerprint density at radius 3 is 2.85 bits per heavy atom. The molecule has 0 aliphatic rings. The molecule has 1 heterocycles. The van der Waals surface area contributed by atoms with Crippen LogP contribution >= 0.6 is 0 Å². The molecule has 6 heteroatoms. The predicted octanol–water partition coefficient (Wildman–Crippen LogP) is 2.90. The number of benzene rings is 1. The summed E-state index contributed by atoms with van der Waals surface area (Å²) in [6, 6.07) is 4.53. The first-order valence-corrected chi connectivity index (χ1v) is 6.35. The molecule has 106 valence electrons. The number of nitrogen functional groups attached to an aromatic ring is 1. The van der Waals surface area contributed by atoms with E-state index in [1.54, 1.807) is 12.1 Å². The second kappa shape index (κ2) is 6.18. The van der Waals surface area contributed by atoms with Gasteiger partial charge in [0.25, 0.3) is 0 Å². The Balaban J connectivity index is 2.32. The Hall–Kier alpha value is -2.37. The van der Waals surface area contributed by atoms with Crippen LogP contribution < -0.4 is 15.8 Å². The van der Waals surface area contributed by atoms with E-state index < -0.39 is 5.82 Å². The Morgan fingerprint density at radius 1 is 1.35 bits per heavy atom. The number of hydrogen-bond acceptors (Lipinski definition) is 5. The Labute approximate surface area is 117 Å². The van der Waals surface area contributed by atoms with Crippen LogP contribution in [-0.2, 0) is 6.42 Å². The van der Waals surface area contributed by atoms with Gasteiger partial charge in [0.2, 0.25) is 0 Å². The van der Waals surface area contributed by atoms with Gasteiger partial charge in [0.15, 0.2) is 11.6 Å². The second-order valence-corrected chi connectivity index (χ2v) is 4.31. The van der Waals surface area contributed by atoms with E-state index in [4.69, 9.17) is 10.5 Å². The largest absolute Gasteiger partial charge is 0.494 e. The molecule has 1 aromatic heterocycles. The zero-order valence-electron chi connectivity index (χ0n) is 11.5. The van der Waals surface area contributed by atoms with Gasteiger partial charge in [0, 0.05) is 17.3 Å². The molecule has 0 fully saturated rings. The molecule has 0 aliphatic heterocycles. The molecule has 0 aliphatic carbocycles. The SMILES string of the molecule is CCCc1c(N)ncnc1Nc1ccc(F)c(OC)c1. The molecule has 1 aromatic carbocycles. The first kappa shape index (κ1) is 14.0. The van der Waals surface area contributed by atoms with E-state index in [1.807, 2.05) is 0 Å². The Morgan fingerprint density at radius 2 is 2.15 bits per heavy atom. The minimum atomic E-state index is -0.408. The summed E-state index contributed by atoms with van der Waals surface area (Å²) in [5.41, 5.74) is 7.40. The lowest BCUT2D eigenvalue weighted by Gasteiger charge is -2.12. The number of nitrogens with one attached hydrogen (secondary N) is 1. The number of nitrogens with zero attached hydrogens (tertiary/aromatic N) is 2. The molecule has 0 spiro atoms. The van der Waals surface area contributed by atoms with Crippen molar-refractivity contribution in [2.75, 3.05) is 18.2 Å². The van der Waals surface area contributed by atoms with E-state index in [9.17, 15) is 4.39 Å². The number of nitrogens with two attached hydrogens (primary N) is 1. The third kappa shape index (κ3) is 2.96. The van der Waals surface area contributed by atoms with Gasteiger partial charge in [-0.3, -0.25) is 0 Å². The van der Waals surface area contributed by atoms with Crippen molar-refractivity contribution in [2.45, 2.75) is 19.8 Å². The monoisotopic (exact) mass is 276 g/mol. The summed E-state index contributed by atoms with van der Waals surface area (Å²) in [5, 5.41) is 3.12. The number of anilines is 3. The van der Waals surface area contributed by atoms with E-state index in [0.717, 1.165) is 18.4 Å². The fraction of sp³-hybridized carbons (Fsp3) is 0.286. The second-order valence-electron chi connectivity index (χ2n) is 4.31. The van der Waals surface area contributed by atoms with Crippen molar-refractivity contribution in [3.05, 3.63) is 35.9 Å². The van der Waals surface area contributed by atoms with Gasteiger partial charge in [-0.15, -0.1) is 0 Å². The smallest absolute Gasteiger partial charge is 0.165 e. The molecule has 3 N–H and O–H groups in total. The highest BCUT2D eigenvalue weighted by Gasteiger charge is 2.10. The normalized spacial score (nSPS) is 10.3. The van der Waals surface area contributed by atoms with Gasteiger partial charge in [-0.25, -0.2) is 14.4 Å². The minimum Gasteiger partial charge on any atom is -0.494 e. The predicted molar refractivity (Wildman–Crippen MR) is 76.7 cm³/mol. The van der Waals surface area contributed by atoms with Crippen molar-refractivity contribution in [3.8, 4) is 5.75 Å². The fourth-order valence-electron chi connectivity index (χ4n) is 1.90. The molecule has 0 saturated carbocycles. The van der Waals surface area contributed by atoms with Gasteiger partial charge in [0.1, 0.15) is 18.0 Å². The molecule has 0 saturated heterocycles. The van der Waals surface area contributed by atoms with Crippen LogP contribution in [-0.4, -0.2) is 17.1 Å². The molecule has 20 heavy (non-hydrogen) atoms. The van der Waals surface area contributed by atoms with Gasteiger partial charge in [-0.2, -0.15) is 0 Å². The summed E-state index contributed by atoms with van der Waals surface area (Å²) in [6.45, 7) is 2.05. The van der Waals surface area contributed by atoms with Gasteiger partial charge < -0.3 is 15.8 Å². The Bertz CT molecular complexity index is 604. The van der Waals surface area contributed by atoms with Crippen LogP contribution in [0.5, 0.6) is 5.75 Å². The molecule has 0 radical (unpaired) electrons. The van der Waals surface area contributed by atoms with E-state index in [0.29, 0.717) is 17.3 Å². The first-order valence-electron chi connectivity index (χ1n) is 6.35. The van der Waals surface area contributed by atoms with Crippen LogP contribution in [0.4, 0.5) is 21.7 Å². The van der Waals surface area contributed by atoms with Gasteiger partial charge in [-0.05, 0) is 18.6 Å². The highest BCUT2D eigenvalue weighted by Crippen LogP contribution is 2.26. The van der Waals surface area contributed by atoms with Gasteiger partial charge in [0.05, 0.1) is 7.11 Å². The molecular formula is C14H17FN4O. The van der Waals surface area contributed by atoms with E-state index in [-0.39, 0.29) is 5.75 Å². The van der Waals surface area contributed by atoms with E-state index in [2.05, 4.69) is 22.2 Å². The summed E-state index contributed by atoms with van der Waals surface area (Å²) in [6.07, 6.45) is 3.10. The van der Waals surface area contributed by atoms with Gasteiger partial charge in [-0.1, -0.05) is 13.3 Å². The number of rotatable bonds is 5. The summed E-state index contributed by atoms with van der Waals surface area (Å²) in [4.78, 5) is 8.18. The van der Waals surface area contributed by atoms with Crippen LogP contribution in [0.15, 0.2) is 24.5 Å². The summed E-state index contributed by atoms with van der Waals surface area (Å²) in [7, 11) is 1.42. The van der Waals surface area contributed by atoms with Crippen molar-refractivity contribution in [1.29, 1.82) is 0 Å². The zero-order valence-corrected chi connectivity index (χ0v) is 11.5. The van der Waals surface area contributed by atoms with Crippen molar-refractivity contribution in [3.63, 3.8) is 0 Å². The summed E-state index contributed by atoms with van der Waals surface area (Å²) >= 11 is 0. The minimum absolute atomic E-state index is 0.175. The first-order chi connectivity index (χ1) is 9.65. The zero-order chi connectivity index (χ0) is 14.5. The molecule has 2 rings (SSSR count). The molecule has 0 amide bonds. The van der Waals surface area contributed by atoms with Crippen molar-refractivity contribution < 1.29 is 9.13 Å². The van der Waals surface area contributed by atoms with Crippen LogP contribution in [0.25, 0.3) is 0 Å². The number of hydrogen-bond donors (Lipinski definition) is 2. The molecule has 0 unspecified atom stereocenters. The molecule has 5 nitrogen and oxygen atoms in total. The summed E-state index contributed by atoms with van der Waals surface area (Å²) < 4.78 is 18.3. The molecular weight excluding hydrogens is 259 g/mol. The third-order valence-corrected chi connectivity index (χ3v) is 2.89. The highest BCUT2D eigenvalue weighted by atomic mass is 19.1. The van der Waals surface area contributed by atoms with Crippen molar-refractivity contribution in [1.82, 2.24) is 9.97 Å². The number of halogens is 1. The average Bonchev–Trinajstić information content (AvgIpc) is 2.44. The molecule has 0 atom stereocenters. The van der Waals surface area contributed by atoms with E-state index >= 15 is 0 Å². The fourth-order valence-corrected chi connectivity index (χ4v) is 1.90. The number of ether oxygens (including phenoxy) is 1. The van der Waals surface area contributed by atoms with Crippen molar-refractivity contribution >= 4 is 17.3 Å². The summed E-state index contributed by atoms with van der Waals surface area (Å²) in [5.74, 6) is 0.856. The Kier molecular flexibility index (Phi) is 4.34. The van der Waals surface area contributed by atoms with Crippen LogP contribution in [0, 0.1) is 5.82 Å². The van der Waals surface area contributed by atoms with Gasteiger partial charge >= 0.3 is 0 Å². The molecule has 0 bridgehead atoms. The number of methoxy groups -OCH3 is 1. The average molecular weight is 276 g/mol. The van der Waals surface area contributed by atoms with E-state index in [1.165, 1.54) is 19.5 Å². The topological polar surface area (TPSA) is 73.1 Å². The maximum absolute atomic E-state index is 13.4. The lowest BCUT2D eigenvalue weighted by molar-refractivity contribution is 0.387.